The molecule has 0 bridgehead atoms. The Kier molecular flexibility index (Phi) is 6.86. The van der Waals surface area contributed by atoms with E-state index in [1.54, 1.807) is 0 Å². The quantitative estimate of drug-likeness (QED) is 0.681. The van der Waals surface area contributed by atoms with E-state index in [1.165, 1.54) is 5.56 Å². The molecule has 1 aromatic rings. The van der Waals surface area contributed by atoms with Crippen LogP contribution in [0.25, 0.3) is 0 Å². The highest BCUT2D eigenvalue weighted by atomic mass is 16.5. The van der Waals surface area contributed by atoms with Gasteiger partial charge in [-0.2, -0.15) is 0 Å². The molecule has 0 saturated carbocycles. The zero-order valence-corrected chi connectivity index (χ0v) is 10.4. The van der Waals surface area contributed by atoms with E-state index < -0.39 is 6.10 Å². The van der Waals surface area contributed by atoms with Crippen LogP contribution in [0.2, 0.25) is 0 Å². The molecule has 0 radical (unpaired) electrons. The van der Waals surface area contributed by atoms with Crippen molar-refractivity contribution in [3.63, 3.8) is 0 Å². The fourth-order valence-electron chi connectivity index (χ4n) is 1.57. The Bertz CT molecular complexity index is 295. The van der Waals surface area contributed by atoms with Gasteiger partial charge >= 0.3 is 0 Å². The first kappa shape index (κ1) is 14.2. The number of rotatable bonds is 8. The van der Waals surface area contributed by atoms with Crippen molar-refractivity contribution in [3.8, 4) is 0 Å². The van der Waals surface area contributed by atoms with E-state index >= 15 is 0 Å². The minimum atomic E-state index is -0.424. The van der Waals surface area contributed by atoms with Gasteiger partial charge in [-0.05, 0) is 31.7 Å². The molecule has 0 aliphatic carbocycles. The van der Waals surface area contributed by atoms with Crippen molar-refractivity contribution in [2.45, 2.75) is 38.9 Å². The van der Waals surface area contributed by atoms with Gasteiger partial charge in [-0.25, -0.2) is 0 Å². The fourth-order valence-corrected chi connectivity index (χ4v) is 1.57. The molecule has 0 amide bonds. The van der Waals surface area contributed by atoms with Crippen LogP contribution in [-0.2, 0) is 11.3 Å². The van der Waals surface area contributed by atoms with Gasteiger partial charge in [-0.3, -0.25) is 0 Å². The maximum absolute atomic E-state index is 9.59. The molecule has 1 unspecified atom stereocenters. The number of aliphatic hydroxyl groups excluding tert-OH is 2. The number of benzene rings is 1. The van der Waals surface area contributed by atoms with E-state index in [-0.39, 0.29) is 6.61 Å². The smallest absolute Gasteiger partial charge is 0.0773 e. The predicted molar refractivity (Wildman–Crippen MR) is 67.8 cm³/mol. The molecular weight excluding hydrogens is 216 g/mol. The largest absolute Gasteiger partial charge is 0.396 e. The van der Waals surface area contributed by atoms with Crippen LogP contribution >= 0.6 is 0 Å². The Labute approximate surface area is 103 Å². The standard InChI is InChI=1S/C14H22O3/c1-12-5-7-13(8-6-12)10-17-11-14(16)4-2-3-9-15/h5-8,14-16H,2-4,9-11H2,1H3. The summed E-state index contributed by atoms with van der Waals surface area (Å²) in [7, 11) is 0. The van der Waals surface area contributed by atoms with Crippen molar-refractivity contribution in [3.05, 3.63) is 35.4 Å². The normalized spacial score (nSPS) is 12.6. The van der Waals surface area contributed by atoms with Crippen molar-refractivity contribution in [1.82, 2.24) is 0 Å². The van der Waals surface area contributed by atoms with E-state index in [4.69, 9.17) is 9.84 Å². The Morgan fingerprint density at radius 1 is 1.18 bits per heavy atom. The second-order valence-corrected chi connectivity index (χ2v) is 4.37. The molecule has 0 spiro atoms. The maximum Gasteiger partial charge on any atom is 0.0773 e. The number of unbranched alkanes of at least 4 members (excludes halogenated alkanes) is 1. The summed E-state index contributed by atoms with van der Waals surface area (Å²) in [5.41, 5.74) is 2.36. The SMILES string of the molecule is Cc1ccc(COCC(O)CCCCO)cc1. The van der Waals surface area contributed by atoms with Gasteiger partial charge in [0.2, 0.25) is 0 Å². The summed E-state index contributed by atoms with van der Waals surface area (Å²) in [6, 6.07) is 8.17. The predicted octanol–water partition coefficient (Wildman–Crippen LogP) is 2.04. The lowest BCUT2D eigenvalue weighted by molar-refractivity contribution is 0.0229. The molecule has 1 atom stereocenters. The van der Waals surface area contributed by atoms with E-state index in [2.05, 4.69) is 19.1 Å². The highest BCUT2D eigenvalue weighted by Crippen LogP contribution is 2.06. The number of aryl methyl sites for hydroxylation is 1. The number of aliphatic hydroxyl groups is 2. The summed E-state index contributed by atoms with van der Waals surface area (Å²) < 4.78 is 5.44. The van der Waals surface area contributed by atoms with Crippen molar-refractivity contribution in [2.24, 2.45) is 0 Å². The lowest BCUT2D eigenvalue weighted by Gasteiger charge is -2.11. The van der Waals surface area contributed by atoms with Gasteiger partial charge in [0.15, 0.2) is 0 Å². The molecule has 0 aromatic heterocycles. The van der Waals surface area contributed by atoms with Gasteiger partial charge in [-0.15, -0.1) is 0 Å². The van der Waals surface area contributed by atoms with Gasteiger partial charge in [0.1, 0.15) is 0 Å². The average Bonchev–Trinajstić information content (AvgIpc) is 2.32. The van der Waals surface area contributed by atoms with Crippen LogP contribution in [0.5, 0.6) is 0 Å². The van der Waals surface area contributed by atoms with Crippen LogP contribution in [0.15, 0.2) is 24.3 Å². The summed E-state index contributed by atoms with van der Waals surface area (Å²) in [6.45, 7) is 3.14. The Morgan fingerprint density at radius 2 is 1.88 bits per heavy atom. The number of hydrogen-bond acceptors (Lipinski definition) is 3. The van der Waals surface area contributed by atoms with Crippen LogP contribution in [-0.4, -0.2) is 29.5 Å². The van der Waals surface area contributed by atoms with Crippen molar-refractivity contribution >= 4 is 0 Å². The Balaban J connectivity index is 2.12. The van der Waals surface area contributed by atoms with E-state index in [0.29, 0.717) is 19.6 Å². The summed E-state index contributed by atoms with van der Waals surface area (Å²) in [5.74, 6) is 0. The van der Waals surface area contributed by atoms with E-state index in [1.807, 2.05) is 12.1 Å². The van der Waals surface area contributed by atoms with Gasteiger partial charge < -0.3 is 14.9 Å². The number of ether oxygens (including phenoxy) is 1. The van der Waals surface area contributed by atoms with Crippen molar-refractivity contribution in [1.29, 1.82) is 0 Å². The first-order valence-electron chi connectivity index (χ1n) is 6.14. The molecule has 0 aliphatic heterocycles. The minimum absolute atomic E-state index is 0.191. The average molecular weight is 238 g/mol. The lowest BCUT2D eigenvalue weighted by atomic mass is 10.1. The molecule has 96 valence electrons. The number of hydrogen-bond donors (Lipinski definition) is 2. The molecule has 1 aromatic carbocycles. The summed E-state index contributed by atoms with van der Waals surface area (Å²) in [4.78, 5) is 0. The zero-order chi connectivity index (χ0) is 12.5. The first-order valence-corrected chi connectivity index (χ1v) is 6.14. The molecule has 3 nitrogen and oxygen atoms in total. The van der Waals surface area contributed by atoms with Crippen LogP contribution in [0.4, 0.5) is 0 Å². The Hall–Kier alpha value is -0.900. The minimum Gasteiger partial charge on any atom is -0.396 e. The molecule has 0 aliphatic rings. The molecule has 2 N–H and O–H groups in total. The molecule has 0 fully saturated rings. The van der Waals surface area contributed by atoms with Crippen LogP contribution in [0, 0.1) is 6.92 Å². The van der Waals surface area contributed by atoms with E-state index in [0.717, 1.165) is 18.4 Å². The van der Waals surface area contributed by atoms with Crippen molar-refractivity contribution in [2.75, 3.05) is 13.2 Å². The second kappa shape index (κ2) is 8.23. The highest BCUT2D eigenvalue weighted by Gasteiger charge is 2.03. The second-order valence-electron chi connectivity index (χ2n) is 4.37. The molecule has 0 heterocycles. The summed E-state index contributed by atoms with van der Waals surface area (Å²) >= 11 is 0. The zero-order valence-electron chi connectivity index (χ0n) is 10.4. The molecular formula is C14H22O3. The molecule has 0 saturated heterocycles. The van der Waals surface area contributed by atoms with Gasteiger partial charge in [0.25, 0.3) is 0 Å². The molecule has 17 heavy (non-hydrogen) atoms. The van der Waals surface area contributed by atoms with Crippen LogP contribution < -0.4 is 0 Å². The third kappa shape index (κ3) is 6.41. The van der Waals surface area contributed by atoms with Gasteiger partial charge in [-0.1, -0.05) is 29.8 Å². The third-order valence-corrected chi connectivity index (χ3v) is 2.65. The third-order valence-electron chi connectivity index (χ3n) is 2.65. The first-order chi connectivity index (χ1) is 8.22. The van der Waals surface area contributed by atoms with E-state index in [9.17, 15) is 5.11 Å². The van der Waals surface area contributed by atoms with Crippen LogP contribution in [0.1, 0.15) is 30.4 Å². The lowest BCUT2D eigenvalue weighted by Crippen LogP contribution is -2.15. The fraction of sp³-hybridized carbons (Fsp3) is 0.571. The molecule has 3 heteroatoms. The van der Waals surface area contributed by atoms with Gasteiger partial charge in [0.05, 0.1) is 19.3 Å². The monoisotopic (exact) mass is 238 g/mol. The maximum atomic E-state index is 9.59. The van der Waals surface area contributed by atoms with Crippen molar-refractivity contribution < 1.29 is 14.9 Å². The summed E-state index contributed by atoms with van der Waals surface area (Å²) in [5, 5.41) is 18.2. The molecule has 1 rings (SSSR count). The van der Waals surface area contributed by atoms with Crippen LogP contribution in [0.3, 0.4) is 0 Å². The summed E-state index contributed by atoms with van der Waals surface area (Å²) in [6.07, 6.45) is 1.85. The Morgan fingerprint density at radius 3 is 2.53 bits per heavy atom. The highest BCUT2D eigenvalue weighted by molar-refractivity contribution is 5.20. The van der Waals surface area contributed by atoms with Gasteiger partial charge in [0, 0.05) is 6.61 Å². The topological polar surface area (TPSA) is 49.7 Å².